The molecule has 3 aliphatic rings. The number of hydrogen-bond donors (Lipinski definition) is 3. The monoisotopic (exact) mass is 416 g/mol. The van der Waals surface area contributed by atoms with E-state index < -0.39 is 0 Å². The second-order valence-corrected chi connectivity index (χ2v) is 9.10. The van der Waals surface area contributed by atoms with Crippen LogP contribution in [-0.2, 0) is 0 Å². The minimum atomic E-state index is -0.212. The maximum Gasteiger partial charge on any atom is 0.313 e. The van der Waals surface area contributed by atoms with Gasteiger partial charge in [-0.2, -0.15) is 5.10 Å². The molecular formula is C23H21FN6O. The van der Waals surface area contributed by atoms with Crippen molar-refractivity contribution in [2.24, 2.45) is 17.8 Å². The molecule has 7 rings (SSSR count). The summed E-state index contributed by atoms with van der Waals surface area (Å²) in [5.41, 5.74) is 10.1. The van der Waals surface area contributed by atoms with Crippen molar-refractivity contribution in [2.75, 3.05) is 11.1 Å². The third kappa shape index (κ3) is 2.35. The summed E-state index contributed by atoms with van der Waals surface area (Å²) in [5.74, 6) is 2.25. The summed E-state index contributed by atoms with van der Waals surface area (Å²) in [6.45, 7) is 0. The molecule has 5 atom stereocenters. The first kappa shape index (κ1) is 17.3. The van der Waals surface area contributed by atoms with E-state index in [2.05, 4.69) is 37.8 Å². The van der Waals surface area contributed by atoms with Gasteiger partial charge in [-0.3, -0.25) is 5.10 Å². The van der Waals surface area contributed by atoms with Gasteiger partial charge in [-0.1, -0.05) is 17.2 Å². The van der Waals surface area contributed by atoms with Gasteiger partial charge in [0.05, 0.1) is 23.4 Å². The number of fused-ring (bicyclic) bond motifs is 9. The molecule has 31 heavy (non-hydrogen) atoms. The van der Waals surface area contributed by atoms with Gasteiger partial charge in [-0.05, 0) is 66.2 Å². The molecule has 2 fully saturated rings. The van der Waals surface area contributed by atoms with Gasteiger partial charge >= 0.3 is 6.01 Å². The molecule has 2 bridgehead atoms. The Kier molecular flexibility index (Phi) is 3.38. The first-order valence-electron chi connectivity index (χ1n) is 10.8. The fourth-order valence-corrected chi connectivity index (χ4v) is 6.56. The fraction of sp³-hybridized carbons (Fsp3) is 0.348. The average molecular weight is 416 g/mol. The normalized spacial score (nSPS) is 28.5. The first-order chi connectivity index (χ1) is 15.2. The molecule has 0 radical (unpaired) electrons. The number of halogens is 1. The minimum Gasteiger partial charge on any atom is -0.404 e. The van der Waals surface area contributed by atoms with Crippen LogP contribution in [-0.4, -0.2) is 20.4 Å². The van der Waals surface area contributed by atoms with Crippen molar-refractivity contribution < 1.29 is 8.81 Å². The Morgan fingerprint density at radius 1 is 1.10 bits per heavy atom. The van der Waals surface area contributed by atoms with Crippen LogP contribution < -0.4 is 11.1 Å². The molecule has 7 nitrogen and oxygen atoms in total. The Morgan fingerprint density at radius 3 is 2.74 bits per heavy atom. The van der Waals surface area contributed by atoms with Crippen LogP contribution >= 0.6 is 0 Å². The second kappa shape index (κ2) is 6.06. The molecule has 0 spiro atoms. The highest BCUT2D eigenvalue weighted by Gasteiger charge is 2.54. The van der Waals surface area contributed by atoms with Gasteiger partial charge in [0.1, 0.15) is 5.82 Å². The largest absolute Gasteiger partial charge is 0.404 e. The van der Waals surface area contributed by atoms with E-state index in [9.17, 15) is 0 Å². The van der Waals surface area contributed by atoms with Crippen molar-refractivity contribution in [3.8, 4) is 11.5 Å². The summed E-state index contributed by atoms with van der Waals surface area (Å²) in [6, 6.07) is 9.77. The predicted molar refractivity (Wildman–Crippen MR) is 114 cm³/mol. The molecule has 4 N–H and O–H groups in total. The van der Waals surface area contributed by atoms with Crippen molar-refractivity contribution in [1.82, 2.24) is 20.4 Å². The average Bonchev–Trinajstić information content (AvgIpc) is 3.57. The highest BCUT2D eigenvalue weighted by atomic mass is 19.1. The standard InChI is InChI=1S/C23H21FN6O/c24-15-8-16-14(9-26-28-16)19-17-12-5-6-13(7-12)18(17)20(27-21(15)19)10-1-3-11(4-2-10)22-29-30-23(25)31-22/h1-4,8-9,12-13,17-18,20,27H,5-7H2,(H2,25,30)(H,26,28). The van der Waals surface area contributed by atoms with E-state index in [-0.39, 0.29) is 17.9 Å². The number of nitrogens with zero attached hydrogens (tertiary/aromatic N) is 3. The lowest BCUT2D eigenvalue weighted by molar-refractivity contribution is 0.247. The smallest absolute Gasteiger partial charge is 0.313 e. The van der Waals surface area contributed by atoms with Gasteiger partial charge in [-0.15, -0.1) is 5.10 Å². The number of H-pyrrole nitrogens is 1. The van der Waals surface area contributed by atoms with E-state index in [1.807, 2.05) is 18.3 Å². The molecule has 8 heteroatoms. The lowest BCUT2D eigenvalue weighted by atomic mass is 9.67. The highest BCUT2D eigenvalue weighted by molar-refractivity contribution is 5.89. The summed E-state index contributed by atoms with van der Waals surface area (Å²) in [6.07, 6.45) is 5.56. The van der Waals surface area contributed by atoms with Crippen LogP contribution in [0.4, 0.5) is 16.1 Å². The molecule has 0 saturated heterocycles. The van der Waals surface area contributed by atoms with Crippen molar-refractivity contribution in [2.45, 2.75) is 31.2 Å². The molecule has 2 aromatic heterocycles. The summed E-state index contributed by atoms with van der Waals surface area (Å²) in [5, 5.41) is 19.5. The number of hydrogen-bond acceptors (Lipinski definition) is 6. The van der Waals surface area contributed by atoms with Crippen molar-refractivity contribution >= 4 is 22.6 Å². The highest BCUT2D eigenvalue weighted by Crippen LogP contribution is 2.64. The van der Waals surface area contributed by atoms with Gasteiger partial charge in [0.2, 0.25) is 5.89 Å². The van der Waals surface area contributed by atoms with E-state index in [1.54, 1.807) is 6.07 Å². The van der Waals surface area contributed by atoms with E-state index in [1.165, 1.54) is 19.3 Å². The summed E-state index contributed by atoms with van der Waals surface area (Å²) < 4.78 is 20.5. The Labute approximate surface area is 177 Å². The quantitative estimate of drug-likeness (QED) is 0.440. The lowest BCUT2D eigenvalue weighted by Gasteiger charge is -2.43. The summed E-state index contributed by atoms with van der Waals surface area (Å²) in [7, 11) is 0. The zero-order valence-corrected chi connectivity index (χ0v) is 16.7. The fourth-order valence-electron chi connectivity index (χ4n) is 6.56. The second-order valence-electron chi connectivity index (χ2n) is 9.10. The number of benzene rings is 2. The molecule has 5 unspecified atom stereocenters. The molecule has 2 saturated carbocycles. The van der Waals surface area contributed by atoms with Crippen LogP contribution in [0.15, 0.2) is 40.9 Å². The van der Waals surface area contributed by atoms with Crippen LogP contribution in [0.25, 0.3) is 22.4 Å². The van der Waals surface area contributed by atoms with E-state index >= 15 is 4.39 Å². The van der Waals surface area contributed by atoms with Crippen LogP contribution in [0.2, 0.25) is 0 Å². The number of nitrogen functional groups attached to an aromatic ring is 1. The maximum atomic E-state index is 15.2. The zero-order valence-electron chi connectivity index (χ0n) is 16.7. The SMILES string of the molecule is Nc1nnc(-c2ccc(C3Nc4c(F)cc5[nH]ncc5c4C4C5CCC(C5)C34)cc2)o1. The Morgan fingerprint density at radius 2 is 1.94 bits per heavy atom. The minimum absolute atomic E-state index is 0.0514. The van der Waals surface area contributed by atoms with Gasteiger partial charge in [0.25, 0.3) is 0 Å². The first-order valence-corrected chi connectivity index (χ1v) is 10.8. The number of aromatic nitrogens is 4. The molecule has 156 valence electrons. The van der Waals surface area contributed by atoms with Gasteiger partial charge < -0.3 is 15.5 Å². The third-order valence-electron chi connectivity index (χ3n) is 7.69. The number of rotatable bonds is 2. The molecule has 4 aromatic rings. The van der Waals surface area contributed by atoms with Crippen LogP contribution in [0.1, 0.15) is 42.3 Å². The maximum absolute atomic E-state index is 15.2. The van der Waals surface area contributed by atoms with Crippen LogP contribution in [0.5, 0.6) is 0 Å². The Balaban J connectivity index is 1.35. The Hall–Kier alpha value is -3.42. The third-order valence-corrected chi connectivity index (χ3v) is 7.69. The van der Waals surface area contributed by atoms with Gasteiger partial charge in [0, 0.05) is 17.0 Å². The van der Waals surface area contributed by atoms with E-state index in [0.717, 1.165) is 27.6 Å². The molecule has 1 aliphatic heterocycles. The zero-order chi connectivity index (χ0) is 20.7. The lowest BCUT2D eigenvalue weighted by Crippen LogP contribution is -2.36. The molecule has 0 amide bonds. The van der Waals surface area contributed by atoms with Crippen molar-refractivity contribution in [1.29, 1.82) is 0 Å². The summed E-state index contributed by atoms with van der Waals surface area (Å²) in [4.78, 5) is 0. The molecular weight excluding hydrogens is 395 g/mol. The molecule has 2 aromatic carbocycles. The Bertz CT molecular complexity index is 1310. The van der Waals surface area contributed by atoms with Gasteiger partial charge in [-0.25, -0.2) is 4.39 Å². The van der Waals surface area contributed by atoms with Crippen molar-refractivity contribution in [3.63, 3.8) is 0 Å². The number of nitrogens with two attached hydrogens (primary N) is 1. The number of anilines is 2. The number of aromatic amines is 1. The molecule has 2 aliphatic carbocycles. The topological polar surface area (TPSA) is 106 Å². The van der Waals surface area contributed by atoms with Crippen molar-refractivity contribution in [3.05, 3.63) is 53.5 Å². The summed E-state index contributed by atoms with van der Waals surface area (Å²) >= 11 is 0. The van der Waals surface area contributed by atoms with Crippen LogP contribution in [0.3, 0.4) is 0 Å². The van der Waals surface area contributed by atoms with E-state index in [0.29, 0.717) is 35.2 Å². The molecule has 3 heterocycles. The van der Waals surface area contributed by atoms with Crippen LogP contribution in [0, 0.1) is 23.6 Å². The number of nitrogens with one attached hydrogen (secondary N) is 2. The van der Waals surface area contributed by atoms with Gasteiger partial charge in [0.15, 0.2) is 0 Å². The van der Waals surface area contributed by atoms with E-state index in [4.69, 9.17) is 10.2 Å². The predicted octanol–water partition coefficient (Wildman–Crippen LogP) is 4.63.